The first-order valence-corrected chi connectivity index (χ1v) is 10.6. The fraction of sp³-hybridized carbons (Fsp3) is 0.421. The zero-order valence-electron chi connectivity index (χ0n) is 17.6. The molecule has 1 saturated heterocycles. The molecule has 30 heavy (non-hydrogen) atoms. The van der Waals surface area contributed by atoms with Gasteiger partial charge in [-0.2, -0.15) is 0 Å². The summed E-state index contributed by atoms with van der Waals surface area (Å²) in [4.78, 5) is 3.49. The van der Waals surface area contributed by atoms with Gasteiger partial charge < -0.3 is 14.0 Å². The van der Waals surface area contributed by atoms with Crippen LogP contribution in [-0.2, 0) is 19.3 Å². The molecule has 0 unspecified atom stereocenters. The molecule has 1 aliphatic heterocycles. The second-order valence-corrected chi connectivity index (χ2v) is 9.87. The Labute approximate surface area is 175 Å². The first kappa shape index (κ1) is 22.5. The van der Waals surface area contributed by atoms with E-state index in [1.807, 2.05) is 27.7 Å². The number of benzene rings is 1. The van der Waals surface area contributed by atoms with Crippen LogP contribution in [0.4, 0.5) is 14.5 Å². The molecule has 0 atom stereocenters. The number of hydrogen-bond acceptors (Lipinski definition) is 6. The van der Waals surface area contributed by atoms with Crippen molar-refractivity contribution in [3.63, 3.8) is 0 Å². The summed E-state index contributed by atoms with van der Waals surface area (Å²) in [6.45, 7) is 7.55. The van der Waals surface area contributed by atoms with Crippen molar-refractivity contribution in [3.05, 3.63) is 42.1 Å². The Balaban J connectivity index is 2.04. The van der Waals surface area contributed by atoms with Crippen LogP contribution in [0.15, 0.2) is 35.4 Å². The van der Waals surface area contributed by atoms with E-state index >= 15 is 0 Å². The number of hydrogen-bond donors (Lipinski definition) is 0. The minimum absolute atomic E-state index is 0.00358. The predicted molar refractivity (Wildman–Crippen MR) is 108 cm³/mol. The number of methoxy groups -OCH3 is 1. The monoisotopic (exact) mass is 440 g/mol. The summed E-state index contributed by atoms with van der Waals surface area (Å²) in [7, 11) is -2.59. The van der Waals surface area contributed by atoms with Crippen LogP contribution in [0, 0.1) is 11.6 Å². The molecule has 11 heteroatoms. The van der Waals surface area contributed by atoms with E-state index in [-0.39, 0.29) is 11.6 Å². The minimum atomic E-state index is -4.37. The number of sulfonamides is 1. The maximum atomic E-state index is 14.2. The van der Waals surface area contributed by atoms with Gasteiger partial charge in [0.15, 0.2) is 0 Å². The first-order valence-electron chi connectivity index (χ1n) is 9.14. The number of anilines is 1. The lowest BCUT2D eigenvalue weighted by molar-refractivity contribution is 0.00578. The number of aromatic nitrogens is 1. The summed E-state index contributed by atoms with van der Waals surface area (Å²) >= 11 is 0. The van der Waals surface area contributed by atoms with Crippen LogP contribution in [0.2, 0.25) is 0 Å². The second-order valence-electron chi connectivity index (χ2n) is 7.93. The largest absolute Gasteiger partial charge is 0.496 e. The van der Waals surface area contributed by atoms with Crippen LogP contribution < -0.4 is 14.5 Å². The zero-order chi connectivity index (χ0) is 22.5. The highest BCUT2D eigenvalue weighted by Crippen LogP contribution is 2.37. The van der Waals surface area contributed by atoms with Gasteiger partial charge in [-0.05, 0) is 45.9 Å². The number of rotatable bonds is 5. The van der Waals surface area contributed by atoms with Crippen LogP contribution >= 0.6 is 0 Å². The van der Waals surface area contributed by atoms with Crippen LogP contribution in [0.5, 0.6) is 5.88 Å². The molecule has 0 aliphatic carbocycles. The highest BCUT2D eigenvalue weighted by Gasteiger charge is 2.52. The van der Waals surface area contributed by atoms with Crippen molar-refractivity contribution in [2.24, 2.45) is 0 Å². The van der Waals surface area contributed by atoms with E-state index in [4.69, 9.17) is 14.0 Å². The van der Waals surface area contributed by atoms with E-state index < -0.39 is 44.9 Å². The molecule has 0 spiro atoms. The molecule has 2 heterocycles. The standard InChI is InChI=1S/C19H23BF2N2O5S/c1-18(2)19(3,4)29-20(28-18)12-9-15(17(27-6)23-11-12)24(5)30(25,26)16-8-7-13(21)10-14(16)22/h7-11H,1-6H3. The Morgan fingerprint density at radius 3 is 2.23 bits per heavy atom. The molecular formula is C19H23BF2N2O5S. The Morgan fingerprint density at radius 1 is 1.10 bits per heavy atom. The van der Waals surface area contributed by atoms with Crippen molar-refractivity contribution in [2.45, 2.75) is 43.8 Å². The van der Waals surface area contributed by atoms with Gasteiger partial charge in [0.05, 0.1) is 18.3 Å². The van der Waals surface area contributed by atoms with Crippen molar-refractivity contribution in [1.82, 2.24) is 4.98 Å². The molecule has 3 rings (SSSR count). The lowest BCUT2D eigenvalue weighted by Crippen LogP contribution is -2.41. The summed E-state index contributed by atoms with van der Waals surface area (Å²) < 4.78 is 71.4. The predicted octanol–water partition coefficient (Wildman–Crippen LogP) is 2.49. The molecule has 2 aromatic rings. The van der Waals surface area contributed by atoms with Gasteiger partial charge in [-0.1, -0.05) is 0 Å². The van der Waals surface area contributed by atoms with Gasteiger partial charge in [-0.25, -0.2) is 22.2 Å². The molecule has 0 bridgehead atoms. The Morgan fingerprint density at radius 2 is 1.70 bits per heavy atom. The molecule has 1 aromatic carbocycles. The molecule has 1 aliphatic rings. The van der Waals surface area contributed by atoms with Crippen LogP contribution in [0.3, 0.4) is 0 Å². The highest BCUT2D eigenvalue weighted by molar-refractivity contribution is 7.92. The van der Waals surface area contributed by atoms with Crippen LogP contribution in [0.25, 0.3) is 0 Å². The van der Waals surface area contributed by atoms with Crippen molar-refractivity contribution < 1.29 is 31.2 Å². The molecule has 0 amide bonds. The number of nitrogens with zero attached hydrogens (tertiary/aromatic N) is 2. The van der Waals surface area contributed by atoms with E-state index in [0.717, 1.165) is 16.4 Å². The van der Waals surface area contributed by atoms with Gasteiger partial charge in [-0.15, -0.1) is 0 Å². The van der Waals surface area contributed by atoms with Gasteiger partial charge >= 0.3 is 7.12 Å². The summed E-state index contributed by atoms with van der Waals surface area (Å²) in [5.41, 5.74) is -0.695. The van der Waals surface area contributed by atoms with E-state index in [9.17, 15) is 17.2 Å². The summed E-state index contributed by atoms with van der Waals surface area (Å²) in [6.07, 6.45) is 1.46. The Hall–Kier alpha value is -2.24. The maximum Gasteiger partial charge on any atom is 0.496 e. The lowest BCUT2D eigenvalue weighted by atomic mass is 9.80. The second kappa shape index (κ2) is 7.47. The third-order valence-corrected chi connectivity index (χ3v) is 7.25. The molecule has 1 aromatic heterocycles. The number of ether oxygens (including phenoxy) is 1. The number of halogens is 2. The highest BCUT2D eigenvalue weighted by atomic mass is 32.2. The molecular weight excluding hydrogens is 417 g/mol. The average molecular weight is 440 g/mol. The third kappa shape index (κ3) is 3.77. The molecule has 7 nitrogen and oxygen atoms in total. The molecule has 0 radical (unpaired) electrons. The fourth-order valence-electron chi connectivity index (χ4n) is 2.91. The fourth-order valence-corrected chi connectivity index (χ4v) is 4.14. The van der Waals surface area contributed by atoms with Gasteiger partial charge in [0, 0.05) is 24.8 Å². The maximum absolute atomic E-state index is 14.2. The Kier molecular flexibility index (Phi) is 5.59. The summed E-state index contributed by atoms with van der Waals surface area (Å²) in [6, 6.07) is 3.75. The first-order chi connectivity index (χ1) is 13.8. The van der Waals surface area contributed by atoms with Crippen molar-refractivity contribution in [3.8, 4) is 5.88 Å². The normalized spacial score (nSPS) is 17.8. The van der Waals surface area contributed by atoms with E-state index in [0.29, 0.717) is 11.5 Å². The van der Waals surface area contributed by atoms with Gasteiger partial charge in [0.1, 0.15) is 22.2 Å². The Bertz CT molecular complexity index is 1060. The topological polar surface area (TPSA) is 78.0 Å². The van der Waals surface area contributed by atoms with E-state index in [2.05, 4.69) is 4.98 Å². The lowest BCUT2D eigenvalue weighted by Gasteiger charge is -2.32. The summed E-state index contributed by atoms with van der Waals surface area (Å²) in [5.74, 6) is -2.07. The van der Waals surface area contributed by atoms with Crippen molar-refractivity contribution >= 4 is 28.3 Å². The average Bonchev–Trinajstić information content (AvgIpc) is 2.87. The van der Waals surface area contributed by atoms with E-state index in [1.54, 1.807) is 0 Å². The third-order valence-electron chi connectivity index (χ3n) is 5.44. The van der Waals surface area contributed by atoms with Gasteiger partial charge in [-0.3, -0.25) is 4.31 Å². The minimum Gasteiger partial charge on any atom is -0.479 e. The molecule has 0 saturated carbocycles. The van der Waals surface area contributed by atoms with Crippen LogP contribution in [0.1, 0.15) is 27.7 Å². The molecule has 162 valence electrons. The SMILES string of the molecule is COc1ncc(B2OC(C)(C)C(C)(C)O2)cc1N(C)S(=O)(=O)c1ccc(F)cc1F. The van der Waals surface area contributed by atoms with Crippen LogP contribution in [-0.4, -0.2) is 45.9 Å². The molecule has 0 N–H and O–H groups in total. The van der Waals surface area contributed by atoms with Gasteiger partial charge in [0.25, 0.3) is 10.0 Å². The van der Waals surface area contributed by atoms with Gasteiger partial charge in [0.2, 0.25) is 5.88 Å². The van der Waals surface area contributed by atoms with E-state index in [1.165, 1.54) is 26.4 Å². The van der Waals surface area contributed by atoms with Crippen molar-refractivity contribution in [1.29, 1.82) is 0 Å². The zero-order valence-corrected chi connectivity index (χ0v) is 18.4. The van der Waals surface area contributed by atoms with Crippen molar-refractivity contribution in [2.75, 3.05) is 18.5 Å². The molecule has 1 fully saturated rings. The quantitative estimate of drug-likeness (QED) is 0.665. The number of pyridine rings is 1. The summed E-state index contributed by atoms with van der Waals surface area (Å²) in [5, 5.41) is 0. The smallest absolute Gasteiger partial charge is 0.479 e.